The lowest BCUT2D eigenvalue weighted by atomic mass is 10.2. The van der Waals surface area contributed by atoms with Gasteiger partial charge in [-0.3, -0.25) is 14.8 Å². The predicted octanol–water partition coefficient (Wildman–Crippen LogP) is 2.41. The van der Waals surface area contributed by atoms with Gasteiger partial charge in [-0.25, -0.2) is 8.42 Å². The number of hydrogen-bond acceptors (Lipinski definition) is 5. The Balaban J connectivity index is 2.31. The fraction of sp³-hybridized carbons (Fsp3) is 0.0769. The Bertz CT molecular complexity index is 785. The van der Waals surface area contributed by atoms with Crippen LogP contribution in [0.4, 0.5) is 11.4 Å². The van der Waals surface area contributed by atoms with E-state index in [-0.39, 0.29) is 22.0 Å². The number of phenols is 1. The first-order chi connectivity index (χ1) is 9.79. The lowest BCUT2D eigenvalue weighted by molar-refractivity contribution is -0.385. The molecule has 110 valence electrons. The summed E-state index contributed by atoms with van der Waals surface area (Å²) in [5.41, 5.74) is 0.500. The molecule has 0 bridgehead atoms. The van der Waals surface area contributed by atoms with Gasteiger partial charge >= 0.3 is 0 Å². The van der Waals surface area contributed by atoms with Gasteiger partial charge in [0.25, 0.3) is 15.7 Å². The van der Waals surface area contributed by atoms with Crippen LogP contribution >= 0.6 is 0 Å². The summed E-state index contributed by atoms with van der Waals surface area (Å²) in [7, 11) is -3.81. The number of nitro benzene ring substituents is 1. The fourth-order valence-electron chi connectivity index (χ4n) is 1.76. The van der Waals surface area contributed by atoms with Gasteiger partial charge in [-0.05, 0) is 43.3 Å². The molecule has 2 aromatic carbocycles. The molecule has 21 heavy (non-hydrogen) atoms. The zero-order valence-corrected chi connectivity index (χ0v) is 11.8. The summed E-state index contributed by atoms with van der Waals surface area (Å²) in [6.45, 7) is 1.52. The summed E-state index contributed by atoms with van der Waals surface area (Å²) in [6.07, 6.45) is 0. The van der Waals surface area contributed by atoms with Crippen LogP contribution in [0.2, 0.25) is 0 Å². The Labute approximate surface area is 121 Å². The number of nitrogens with zero attached hydrogens (tertiary/aromatic N) is 1. The molecule has 0 aliphatic heterocycles. The molecule has 0 fully saturated rings. The van der Waals surface area contributed by atoms with E-state index in [1.54, 1.807) is 0 Å². The van der Waals surface area contributed by atoms with Crippen LogP contribution in [0.25, 0.3) is 0 Å². The van der Waals surface area contributed by atoms with Gasteiger partial charge in [0, 0.05) is 17.3 Å². The molecule has 7 nitrogen and oxygen atoms in total. The predicted molar refractivity (Wildman–Crippen MR) is 76.7 cm³/mol. The number of nitro groups is 1. The minimum absolute atomic E-state index is 0.0173. The molecule has 0 saturated carbocycles. The minimum atomic E-state index is -3.81. The fourth-order valence-corrected chi connectivity index (χ4v) is 2.81. The summed E-state index contributed by atoms with van der Waals surface area (Å²) in [5.74, 6) is -0.0415. The Kier molecular flexibility index (Phi) is 3.81. The number of phenolic OH excluding ortho intramolecular Hbond substituents is 1. The van der Waals surface area contributed by atoms with E-state index in [1.807, 2.05) is 0 Å². The standard InChI is InChI=1S/C13H12N2O5S/c1-9-8-10(2-7-13(9)15(17)18)14-21(19,20)12-5-3-11(16)4-6-12/h2-8,14,16H,1H3. The van der Waals surface area contributed by atoms with Gasteiger partial charge in [-0.1, -0.05) is 0 Å². The van der Waals surface area contributed by atoms with Gasteiger partial charge in [-0.2, -0.15) is 0 Å². The minimum Gasteiger partial charge on any atom is -0.508 e. The van der Waals surface area contributed by atoms with Crippen molar-refractivity contribution in [3.8, 4) is 5.75 Å². The molecule has 8 heteroatoms. The van der Waals surface area contributed by atoms with Crippen molar-refractivity contribution in [2.45, 2.75) is 11.8 Å². The zero-order valence-electron chi connectivity index (χ0n) is 11.0. The summed E-state index contributed by atoms with van der Waals surface area (Å²) in [5, 5.41) is 19.9. The Hall–Kier alpha value is -2.61. The van der Waals surface area contributed by atoms with Crippen molar-refractivity contribution in [1.82, 2.24) is 0 Å². The van der Waals surface area contributed by atoms with E-state index in [9.17, 15) is 18.5 Å². The van der Waals surface area contributed by atoms with Crippen LogP contribution in [0, 0.1) is 17.0 Å². The van der Waals surface area contributed by atoms with Gasteiger partial charge in [-0.15, -0.1) is 0 Å². The van der Waals surface area contributed by atoms with Crippen LogP contribution in [0.3, 0.4) is 0 Å². The summed E-state index contributed by atoms with van der Waals surface area (Å²) >= 11 is 0. The quantitative estimate of drug-likeness (QED) is 0.665. The monoisotopic (exact) mass is 308 g/mol. The topological polar surface area (TPSA) is 110 Å². The Morgan fingerprint density at radius 3 is 2.29 bits per heavy atom. The third-order valence-electron chi connectivity index (χ3n) is 2.79. The first-order valence-electron chi connectivity index (χ1n) is 5.86. The van der Waals surface area contributed by atoms with Crippen LogP contribution in [0.5, 0.6) is 5.75 Å². The number of anilines is 1. The molecule has 0 unspecified atom stereocenters. The lowest BCUT2D eigenvalue weighted by Gasteiger charge is -2.09. The van der Waals surface area contributed by atoms with Gasteiger partial charge in [0.1, 0.15) is 5.75 Å². The lowest BCUT2D eigenvalue weighted by Crippen LogP contribution is -2.13. The van der Waals surface area contributed by atoms with Crippen LogP contribution in [0.15, 0.2) is 47.4 Å². The van der Waals surface area contributed by atoms with E-state index in [4.69, 9.17) is 5.11 Å². The number of nitrogens with one attached hydrogen (secondary N) is 1. The van der Waals surface area contributed by atoms with E-state index in [0.29, 0.717) is 5.56 Å². The normalized spacial score (nSPS) is 11.1. The summed E-state index contributed by atoms with van der Waals surface area (Å²) < 4.78 is 26.6. The number of rotatable bonds is 4. The molecule has 0 aliphatic carbocycles. The number of aryl methyl sites for hydroxylation is 1. The SMILES string of the molecule is Cc1cc(NS(=O)(=O)c2ccc(O)cc2)ccc1[N+](=O)[O-]. The second kappa shape index (κ2) is 5.41. The third kappa shape index (κ3) is 3.29. The molecule has 0 heterocycles. The maximum atomic E-state index is 12.1. The molecule has 0 aliphatic rings. The molecule has 0 radical (unpaired) electrons. The van der Waals surface area contributed by atoms with Crippen molar-refractivity contribution in [3.63, 3.8) is 0 Å². The molecule has 2 aromatic rings. The summed E-state index contributed by atoms with van der Waals surface area (Å²) in [6, 6.07) is 8.99. The summed E-state index contributed by atoms with van der Waals surface area (Å²) in [4.78, 5) is 10.2. The van der Waals surface area contributed by atoms with Crippen molar-refractivity contribution < 1.29 is 18.4 Å². The van der Waals surface area contributed by atoms with E-state index in [2.05, 4.69) is 4.72 Å². The first-order valence-corrected chi connectivity index (χ1v) is 7.35. The first kappa shape index (κ1) is 14.8. The molecular formula is C13H12N2O5S. The highest BCUT2D eigenvalue weighted by molar-refractivity contribution is 7.92. The second-order valence-electron chi connectivity index (χ2n) is 4.36. The van der Waals surface area contributed by atoms with Crippen molar-refractivity contribution in [2.24, 2.45) is 0 Å². The highest BCUT2D eigenvalue weighted by atomic mass is 32.2. The van der Waals surface area contributed by atoms with Crippen LogP contribution in [0.1, 0.15) is 5.56 Å². The number of aromatic hydroxyl groups is 1. The van der Waals surface area contributed by atoms with E-state index in [1.165, 1.54) is 49.4 Å². The van der Waals surface area contributed by atoms with Crippen LogP contribution in [-0.4, -0.2) is 18.4 Å². The van der Waals surface area contributed by atoms with E-state index in [0.717, 1.165) is 0 Å². The molecule has 2 N–H and O–H groups in total. The molecule has 2 rings (SSSR count). The molecule has 0 atom stereocenters. The van der Waals surface area contributed by atoms with Crippen molar-refractivity contribution in [2.75, 3.05) is 4.72 Å². The largest absolute Gasteiger partial charge is 0.508 e. The number of sulfonamides is 1. The van der Waals surface area contributed by atoms with Crippen LogP contribution < -0.4 is 4.72 Å². The molecular weight excluding hydrogens is 296 g/mol. The van der Waals surface area contributed by atoms with Gasteiger partial charge in [0.05, 0.1) is 9.82 Å². The smallest absolute Gasteiger partial charge is 0.272 e. The average molecular weight is 308 g/mol. The molecule has 0 aromatic heterocycles. The molecule has 0 spiro atoms. The van der Waals surface area contributed by atoms with Gasteiger partial charge in [0.15, 0.2) is 0 Å². The maximum Gasteiger partial charge on any atom is 0.272 e. The molecule has 0 saturated heterocycles. The van der Waals surface area contributed by atoms with Gasteiger partial charge < -0.3 is 5.11 Å². The van der Waals surface area contributed by atoms with Crippen molar-refractivity contribution in [1.29, 1.82) is 0 Å². The van der Waals surface area contributed by atoms with Crippen LogP contribution in [-0.2, 0) is 10.0 Å². The Morgan fingerprint density at radius 1 is 1.14 bits per heavy atom. The van der Waals surface area contributed by atoms with Crippen molar-refractivity contribution in [3.05, 3.63) is 58.1 Å². The maximum absolute atomic E-state index is 12.1. The van der Waals surface area contributed by atoms with Crippen molar-refractivity contribution >= 4 is 21.4 Å². The highest BCUT2D eigenvalue weighted by Gasteiger charge is 2.16. The van der Waals surface area contributed by atoms with E-state index < -0.39 is 14.9 Å². The van der Waals surface area contributed by atoms with Gasteiger partial charge in [0.2, 0.25) is 0 Å². The Morgan fingerprint density at radius 2 is 1.76 bits per heavy atom. The molecule has 0 amide bonds. The number of hydrogen-bond donors (Lipinski definition) is 2. The number of benzene rings is 2. The second-order valence-corrected chi connectivity index (χ2v) is 6.04. The third-order valence-corrected chi connectivity index (χ3v) is 4.19. The van der Waals surface area contributed by atoms with E-state index >= 15 is 0 Å². The zero-order chi connectivity index (χ0) is 15.6. The highest BCUT2D eigenvalue weighted by Crippen LogP contribution is 2.24. The average Bonchev–Trinajstić information content (AvgIpc) is 2.38.